The molecule has 1 N–H and O–H groups in total. The van der Waals surface area contributed by atoms with Gasteiger partial charge in [0.05, 0.1) is 6.54 Å². The van der Waals surface area contributed by atoms with Gasteiger partial charge < -0.3 is 10.2 Å². The number of benzene rings is 1. The highest BCUT2D eigenvalue weighted by atomic mass is 16.2. The molecule has 21 heavy (non-hydrogen) atoms. The van der Waals surface area contributed by atoms with Crippen molar-refractivity contribution in [3.8, 4) is 0 Å². The number of hydrogen-bond acceptors (Lipinski definition) is 3. The molecule has 1 fully saturated rings. The molecule has 1 amide bonds. The quantitative estimate of drug-likeness (QED) is 0.901. The predicted octanol–water partition coefficient (Wildman–Crippen LogP) is 2.10. The standard InChI is InChI=1S/C17H27N3O/c1-14-5-4-10-20(12-14)13-17(21)18-11-15-6-8-16(9-7-15)19(2)3/h6-9,14H,4-5,10-13H2,1-3H3,(H,18,21). The third kappa shape index (κ3) is 5.05. The van der Waals surface area contributed by atoms with Crippen LogP contribution in [0.25, 0.3) is 0 Å². The minimum absolute atomic E-state index is 0.126. The number of anilines is 1. The second-order valence-electron chi connectivity index (χ2n) is 6.32. The summed E-state index contributed by atoms with van der Waals surface area (Å²) in [6, 6.07) is 8.29. The van der Waals surface area contributed by atoms with Gasteiger partial charge in [-0.05, 0) is 43.0 Å². The molecule has 1 unspecified atom stereocenters. The maximum Gasteiger partial charge on any atom is 0.234 e. The van der Waals surface area contributed by atoms with E-state index in [0.29, 0.717) is 19.0 Å². The molecular formula is C17H27N3O. The summed E-state index contributed by atoms with van der Waals surface area (Å²) in [6.07, 6.45) is 2.50. The van der Waals surface area contributed by atoms with Gasteiger partial charge in [0.1, 0.15) is 0 Å². The number of nitrogens with zero attached hydrogens (tertiary/aromatic N) is 2. The van der Waals surface area contributed by atoms with E-state index < -0.39 is 0 Å². The van der Waals surface area contributed by atoms with Gasteiger partial charge in [0.15, 0.2) is 0 Å². The fourth-order valence-corrected chi connectivity index (χ4v) is 2.80. The van der Waals surface area contributed by atoms with Crippen LogP contribution in [-0.2, 0) is 11.3 Å². The van der Waals surface area contributed by atoms with Gasteiger partial charge in [-0.2, -0.15) is 0 Å². The lowest BCUT2D eigenvalue weighted by molar-refractivity contribution is -0.122. The predicted molar refractivity (Wildman–Crippen MR) is 87.5 cm³/mol. The zero-order chi connectivity index (χ0) is 15.2. The van der Waals surface area contributed by atoms with Crippen LogP contribution in [0.15, 0.2) is 24.3 Å². The molecule has 1 aliphatic heterocycles. The maximum atomic E-state index is 12.0. The molecule has 1 atom stereocenters. The third-order valence-electron chi connectivity index (χ3n) is 4.05. The van der Waals surface area contributed by atoms with Crippen LogP contribution in [0.4, 0.5) is 5.69 Å². The van der Waals surface area contributed by atoms with Crippen LogP contribution in [0, 0.1) is 5.92 Å². The Morgan fingerprint density at radius 2 is 2.05 bits per heavy atom. The molecule has 116 valence electrons. The van der Waals surface area contributed by atoms with Crippen molar-refractivity contribution >= 4 is 11.6 Å². The van der Waals surface area contributed by atoms with Crippen molar-refractivity contribution in [1.29, 1.82) is 0 Å². The largest absolute Gasteiger partial charge is 0.378 e. The summed E-state index contributed by atoms with van der Waals surface area (Å²) < 4.78 is 0. The van der Waals surface area contributed by atoms with Gasteiger partial charge >= 0.3 is 0 Å². The van der Waals surface area contributed by atoms with E-state index in [1.165, 1.54) is 18.5 Å². The first kappa shape index (κ1) is 15.8. The van der Waals surface area contributed by atoms with Crippen LogP contribution >= 0.6 is 0 Å². The van der Waals surface area contributed by atoms with Crippen LogP contribution in [0.1, 0.15) is 25.3 Å². The first-order chi connectivity index (χ1) is 10.0. The summed E-state index contributed by atoms with van der Waals surface area (Å²) in [7, 11) is 4.05. The summed E-state index contributed by atoms with van der Waals surface area (Å²) in [6.45, 7) is 5.49. The minimum Gasteiger partial charge on any atom is -0.378 e. The molecule has 1 aromatic carbocycles. The van der Waals surface area contributed by atoms with Crippen molar-refractivity contribution in [3.63, 3.8) is 0 Å². The summed E-state index contributed by atoms with van der Waals surface area (Å²) in [5.41, 5.74) is 2.31. The zero-order valence-electron chi connectivity index (χ0n) is 13.4. The van der Waals surface area contributed by atoms with E-state index in [1.807, 2.05) is 14.1 Å². The second kappa shape index (κ2) is 7.46. The molecule has 2 rings (SSSR count). The molecule has 1 saturated heterocycles. The number of rotatable bonds is 5. The van der Waals surface area contributed by atoms with Crippen LogP contribution in [0.2, 0.25) is 0 Å². The molecule has 0 spiro atoms. The number of amides is 1. The Bertz CT molecular complexity index is 456. The Labute approximate surface area is 128 Å². The summed E-state index contributed by atoms with van der Waals surface area (Å²) >= 11 is 0. The van der Waals surface area contributed by atoms with Gasteiger partial charge in [-0.25, -0.2) is 0 Å². The molecule has 0 saturated carbocycles. The number of hydrogen-bond donors (Lipinski definition) is 1. The highest BCUT2D eigenvalue weighted by Crippen LogP contribution is 2.15. The third-order valence-corrected chi connectivity index (χ3v) is 4.05. The SMILES string of the molecule is CC1CCCN(CC(=O)NCc2ccc(N(C)C)cc2)C1. The van der Waals surface area contributed by atoms with Gasteiger partial charge in [-0.1, -0.05) is 19.1 Å². The number of nitrogens with one attached hydrogen (secondary N) is 1. The van der Waals surface area contributed by atoms with Crippen molar-refractivity contribution in [2.75, 3.05) is 38.6 Å². The average molecular weight is 289 g/mol. The first-order valence-corrected chi connectivity index (χ1v) is 7.80. The molecule has 0 radical (unpaired) electrons. The Morgan fingerprint density at radius 1 is 1.33 bits per heavy atom. The van der Waals surface area contributed by atoms with E-state index in [-0.39, 0.29) is 5.91 Å². The lowest BCUT2D eigenvalue weighted by atomic mass is 10.0. The van der Waals surface area contributed by atoms with Crippen LogP contribution in [-0.4, -0.2) is 44.5 Å². The fraction of sp³-hybridized carbons (Fsp3) is 0.588. The van der Waals surface area contributed by atoms with Crippen molar-refractivity contribution < 1.29 is 4.79 Å². The fourth-order valence-electron chi connectivity index (χ4n) is 2.80. The van der Waals surface area contributed by atoms with Crippen LogP contribution in [0.3, 0.4) is 0 Å². The molecule has 0 aromatic heterocycles. The Morgan fingerprint density at radius 3 is 2.67 bits per heavy atom. The van der Waals surface area contributed by atoms with E-state index in [9.17, 15) is 4.79 Å². The Hall–Kier alpha value is -1.55. The smallest absolute Gasteiger partial charge is 0.234 e. The molecule has 4 nitrogen and oxygen atoms in total. The van der Waals surface area contributed by atoms with Crippen molar-refractivity contribution in [3.05, 3.63) is 29.8 Å². The Balaban J connectivity index is 1.75. The molecule has 1 aliphatic rings. The molecular weight excluding hydrogens is 262 g/mol. The second-order valence-corrected chi connectivity index (χ2v) is 6.32. The lowest BCUT2D eigenvalue weighted by Gasteiger charge is -2.30. The van der Waals surface area contributed by atoms with E-state index in [2.05, 4.69) is 46.3 Å². The van der Waals surface area contributed by atoms with E-state index in [1.54, 1.807) is 0 Å². The maximum absolute atomic E-state index is 12.0. The molecule has 0 aliphatic carbocycles. The number of carbonyl (C=O) groups excluding carboxylic acids is 1. The van der Waals surface area contributed by atoms with Gasteiger partial charge in [0.2, 0.25) is 5.91 Å². The van der Waals surface area contributed by atoms with Gasteiger partial charge in [-0.15, -0.1) is 0 Å². The summed E-state index contributed by atoms with van der Waals surface area (Å²) in [5, 5.41) is 3.02. The monoisotopic (exact) mass is 289 g/mol. The minimum atomic E-state index is 0.126. The average Bonchev–Trinajstić information content (AvgIpc) is 2.45. The summed E-state index contributed by atoms with van der Waals surface area (Å²) in [5.74, 6) is 0.839. The molecule has 4 heteroatoms. The Kier molecular flexibility index (Phi) is 5.62. The van der Waals surface area contributed by atoms with Crippen LogP contribution < -0.4 is 10.2 Å². The van der Waals surface area contributed by atoms with Crippen LogP contribution in [0.5, 0.6) is 0 Å². The van der Waals surface area contributed by atoms with E-state index >= 15 is 0 Å². The highest BCUT2D eigenvalue weighted by molar-refractivity contribution is 5.78. The lowest BCUT2D eigenvalue weighted by Crippen LogP contribution is -2.41. The van der Waals surface area contributed by atoms with E-state index in [4.69, 9.17) is 0 Å². The number of likely N-dealkylation sites (tertiary alicyclic amines) is 1. The normalized spacial score (nSPS) is 19.3. The topological polar surface area (TPSA) is 35.6 Å². The van der Waals surface area contributed by atoms with Crippen molar-refractivity contribution in [2.24, 2.45) is 5.92 Å². The van der Waals surface area contributed by atoms with E-state index in [0.717, 1.165) is 18.7 Å². The van der Waals surface area contributed by atoms with Crippen molar-refractivity contribution in [2.45, 2.75) is 26.3 Å². The molecule has 1 aromatic rings. The van der Waals surface area contributed by atoms with Gasteiger partial charge in [0.25, 0.3) is 0 Å². The zero-order valence-corrected chi connectivity index (χ0v) is 13.4. The number of piperidine rings is 1. The molecule has 1 heterocycles. The van der Waals surface area contributed by atoms with Crippen molar-refractivity contribution in [1.82, 2.24) is 10.2 Å². The first-order valence-electron chi connectivity index (χ1n) is 7.80. The highest BCUT2D eigenvalue weighted by Gasteiger charge is 2.18. The van der Waals surface area contributed by atoms with Gasteiger partial charge in [0, 0.05) is 32.9 Å². The summed E-state index contributed by atoms with van der Waals surface area (Å²) in [4.78, 5) is 16.3. The number of carbonyl (C=O) groups is 1. The molecule has 0 bridgehead atoms. The van der Waals surface area contributed by atoms with Gasteiger partial charge in [-0.3, -0.25) is 9.69 Å².